The van der Waals surface area contributed by atoms with Crippen LogP contribution >= 0.6 is 0 Å². The molecule has 0 aliphatic carbocycles. The first-order chi connectivity index (χ1) is 11.4. The van der Waals surface area contributed by atoms with Crippen molar-refractivity contribution in [2.24, 2.45) is 5.73 Å². The summed E-state index contributed by atoms with van der Waals surface area (Å²) in [4.78, 5) is 11.6. The highest BCUT2D eigenvalue weighted by molar-refractivity contribution is 6.26. The molecule has 0 saturated heterocycles. The minimum absolute atomic E-state index is 0.189. The number of ether oxygens (including phenoxy) is 1. The summed E-state index contributed by atoms with van der Waals surface area (Å²) in [5, 5.41) is 0. The highest BCUT2D eigenvalue weighted by Gasteiger charge is 2.32. The van der Waals surface area contributed by atoms with Crippen LogP contribution in [-0.4, -0.2) is 38.4 Å². The quantitative estimate of drug-likeness (QED) is 0.385. The molecular weight excluding hydrogens is 338 g/mol. The predicted octanol–water partition coefficient (Wildman–Crippen LogP) is 1.54. The highest BCUT2D eigenvalue weighted by Crippen LogP contribution is 2.30. The number of carbonyl (C=O) groups is 1. The van der Waals surface area contributed by atoms with Gasteiger partial charge in [-0.05, 0) is 18.1 Å². The van der Waals surface area contributed by atoms with E-state index >= 15 is 0 Å². The minimum Gasteiger partial charge on any atom is -0.466 e. The topological polar surface area (TPSA) is 70.8 Å². The van der Waals surface area contributed by atoms with Gasteiger partial charge >= 0.3 is 5.97 Å². The fourth-order valence-electron chi connectivity index (χ4n) is 2.58. The fraction of sp³-hybridized carbons (Fsp3) is 0.588. The van der Waals surface area contributed by atoms with Gasteiger partial charge in [-0.25, -0.2) is 0 Å². The Labute approximate surface area is 150 Å². The molecule has 0 spiro atoms. The number of carbonyl (C=O) groups excluding carboxylic acids is 1. The molecule has 0 fully saturated rings. The zero-order valence-corrected chi connectivity index (χ0v) is 18.3. The average molecular weight is 370 g/mol. The van der Waals surface area contributed by atoms with Gasteiger partial charge in [-0.1, -0.05) is 51.2 Å². The monoisotopic (exact) mass is 369 g/mol. The number of nitrogens with two attached hydrogens (primary N) is 1. The standard InChI is InChI=1S/C17H31NO4Si2/c1-6-20-15(19)11-14(18)12-7-9-13(10-8-12)17(2,3)16(21-23-4)22-24-5/h7-10,14,16H,6,11,18,23-24H2,1-5H3/t14-/m1/s1. The van der Waals surface area contributed by atoms with Crippen molar-refractivity contribution in [1.29, 1.82) is 0 Å². The zero-order valence-electron chi connectivity index (χ0n) is 15.5. The van der Waals surface area contributed by atoms with E-state index < -0.39 is 19.5 Å². The molecule has 0 radical (unpaired) electrons. The van der Waals surface area contributed by atoms with Gasteiger partial charge in [0.25, 0.3) is 0 Å². The van der Waals surface area contributed by atoms with Crippen LogP contribution in [0, 0.1) is 0 Å². The third-order valence-corrected chi connectivity index (χ3v) is 5.27. The summed E-state index contributed by atoms with van der Waals surface area (Å²) >= 11 is 0. The third-order valence-electron chi connectivity index (χ3n) is 4.00. The molecule has 0 unspecified atom stereocenters. The Morgan fingerprint density at radius 2 is 1.71 bits per heavy atom. The fourth-order valence-corrected chi connectivity index (χ4v) is 4.40. The van der Waals surface area contributed by atoms with Crippen molar-refractivity contribution in [2.75, 3.05) is 6.61 Å². The van der Waals surface area contributed by atoms with Gasteiger partial charge < -0.3 is 19.3 Å². The van der Waals surface area contributed by atoms with Crippen LogP contribution in [0.4, 0.5) is 0 Å². The number of esters is 1. The summed E-state index contributed by atoms with van der Waals surface area (Å²) in [5.74, 6) is -0.267. The van der Waals surface area contributed by atoms with E-state index in [2.05, 4.69) is 39.1 Å². The molecule has 7 heteroatoms. The number of rotatable bonds is 10. The van der Waals surface area contributed by atoms with Crippen molar-refractivity contribution in [2.45, 2.75) is 58.0 Å². The van der Waals surface area contributed by atoms with E-state index in [-0.39, 0.29) is 30.1 Å². The average Bonchev–Trinajstić information content (AvgIpc) is 2.55. The lowest BCUT2D eigenvalue weighted by Gasteiger charge is -2.35. The van der Waals surface area contributed by atoms with E-state index in [9.17, 15) is 4.79 Å². The van der Waals surface area contributed by atoms with Crippen molar-refractivity contribution < 1.29 is 18.4 Å². The van der Waals surface area contributed by atoms with Crippen LogP contribution in [0.2, 0.25) is 13.1 Å². The molecule has 0 aliphatic heterocycles. The van der Waals surface area contributed by atoms with Crippen molar-refractivity contribution in [1.82, 2.24) is 0 Å². The van der Waals surface area contributed by atoms with E-state index in [0.717, 1.165) is 11.1 Å². The molecule has 24 heavy (non-hydrogen) atoms. The molecule has 1 rings (SSSR count). The number of hydrogen-bond acceptors (Lipinski definition) is 5. The van der Waals surface area contributed by atoms with Gasteiger partial charge in [0.1, 0.15) is 6.29 Å². The van der Waals surface area contributed by atoms with Gasteiger partial charge in [0, 0.05) is 11.5 Å². The molecule has 136 valence electrons. The van der Waals surface area contributed by atoms with Crippen LogP contribution in [0.15, 0.2) is 24.3 Å². The Morgan fingerprint density at radius 3 is 2.17 bits per heavy atom. The molecular formula is C17H31NO4Si2. The van der Waals surface area contributed by atoms with E-state index in [1.807, 2.05) is 12.1 Å². The summed E-state index contributed by atoms with van der Waals surface area (Å²) < 4.78 is 16.8. The van der Waals surface area contributed by atoms with Crippen molar-refractivity contribution in [3.8, 4) is 0 Å². The summed E-state index contributed by atoms with van der Waals surface area (Å²) in [6, 6.07) is 7.70. The maximum atomic E-state index is 11.6. The molecule has 5 nitrogen and oxygen atoms in total. The smallest absolute Gasteiger partial charge is 0.307 e. The lowest BCUT2D eigenvalue weighted by atomic mass is 9.83. The van der Waals surface area contributed by atoms with E-state index in [1.165, 1.54) is 0 Å². The summed E-state index contributed by atoms with van der Waals surface area (Å²) in [7, 11) is -1.10. The Morgan fingerprint density at radius 1 is 1.17 bits per heavy atom. The summed E-state index contributed by atoms with van der Waals surface area (Å²) in [6.45, 7) is 10.7. The minimum atomic E-state index is -0.551. The Bertz CT molecular complexity index is 502. The Hall–Kier alpha value is -0.996. The first kappa shape index (κ1) is 21.0. The third kappa shape index (κ3) is 5.82. The van der Waals surface area contributed by atoms with Crippen LogP contribution in [0.1, 0.15) is 44.4 Å². The summed E-state index contributed by atoms with van der Waals surface area (Å²) in [6.07, 6.45) is -0.00113. The molecule has 1 atom stereocenters. The van der Waals surface area contributed by atoms with Crippen LogP contribution in [0.3, 0.4) is 0 Å². The van der Waals surface area contributed by atoms with Crippen LogP contribution in [0.25, 0.3) is 0 Å². The van der Waals surface area contributed by atoms with Gasteiger partial charge in [0.05, 0.1) is 13.0 Å². The van der Waals surface area contributed by atoms with Gasteiger partial charge in [0.2, 0.25) is 0 Å². The van der Waals surface area contributed by atoms with E-state index in [4.69, 9.17) is 19.3 Å². The van der Waals surface area contributed by atoms with Gasteiger partial charge in [-0.2, -0.15) is 0 Å². The van der Waals surface area contributed by atoms with Gasteiger partial charge in [0.15, 0.2) is 19.5 Å². The van der Waals surface area contributed by atoms with E-state index in [0.29, 0.717) is 6.61 Å². The lowest BCUT2D eigenvalue weighted by molar-refractivity contribution is -0.143. The van der Waals surface area contributed by atoms with Gasteiger partial charge in [-0.3, -0.25) is 4.79 Å². The zero-order chi connectivity index (χ0) is 18.2. The highest BCUT2D eigenvalue weighted by atomic mass is 28.2. The lowest BCUT2D eigenvalue weighted by Crippen LogP contribution is -2.39. The molecule has 2 N–H and O–H groups in total. The van der Waals surface area contributed by atoms with Crippen molar-refractivity contribution in [3.05, 3.63) is 35.4 Å². The molecule has 0 amide bonds. The maximum Gasteiger partial charge on any atom is 0.307 e. The maximum absolute atomic E-state index is 11.6. The molecule has 1 aromatic carbocycles. The molecule has 1 aromatic rings. The molecule has 0 saturated carbocycles. The largest absolute Gasteiger partial charge is 0.466 e. The molecule has 0 aromatic heterocycles. The first-order valence-corrected chi connectivity index (χ1v) is 12.6. The molecule has 0 bridgehead atoms. The van der Waals surface area contributed by atoms with E-state index in [1.54, 1.807) is 6.92 Å². The Kier molecular flexibility index (Phi) is 8.86. The van der Waals surface area contributed by atoms with Crippen molar-refractivity contribution in [3.63, 3.8) is 0 Å². The summed E-state index contributed by atoms with van der Waals surface area (Å²) in [5.41, 5.74) is 7.94. The van der Waals surface area contributed by atoms with Crippen LogP contribution in [0.5, 0.6) is 0 Å². The number of hydrogen-bond donors (Lipinski definition) is 1. The predicted molar refractivity (Wildman–Crippen MR) is 102 cm³/mol. The first-order valence-electron chi connectivity index (χ1n) is 8.61. The second kappa shape index (κ2) is 10.1. The SMILES string of the molecule is CCOC(=O)C[C@@H](N)c1ccc(C(C)(C)C(O[SiH2]C)O[SiH2]C)cc1. The normalized spacial score (nSPS) is 15.2. The second-order valence-electron chi connectivity index (χ2n) is 6.20. The van der Waals surface area contributed by atoms with Crippen LogP contribution in [-0.2, 0) is 23.8 Å². The van der Waals surface area contributed by atoms with Crippen molar-refractivity contribution >= 4 is 25.5 Å². The Balaban J connectivity index is 2.86. The van der Waals surface area contributed by atoms with Crippen LogP contribution < -0.4 is 5.73 Å². The van der Waals surface area contributed by atoms with Gasteiger partial charge in [-0.15, -0.1) is 0 Å². The molecule has 0 heterocycles. The number of benzene rings is 1. The second-order valence-corrected chi connectivity index (χ2v) is 8.02. The molecule has 0 aliphatic rings.